The van der Waals surface area contributed by atoms with Crippen LogP contribution in [-0.2, 0) is 0 Å². The van der Waals surface area contributed by atoms with E-state index in [1.54, 1.807) is 12.1 Å². The van der Waals surface area contributed by atoms with Crippen molar-refractivity contribution in [1.29, 1.82) is 0 Å². The summed E-state index contributed by atoms with van der Waals surface area (Å²) >= 11 is 5.92. The lowest BCUT2D eigenvalue weighted by Crippen LogP contribution is -2.19. The van der Waals surface area contributed by atoms with Gasteiger partial charge in [0.1, 0.15) is 0 Å². The lowest BCUT2D eigenvalue weighted by atomic mass is 10.1. The molecular weight excluding hydrogens is 344 g/mol. The summed E-state index contributed by atoms with van der Waals surface area (Å²) in [6.07, 6.45) is 3.79. The van der Waals surface area contributed by atoms with Crippen molar-refractivity contribution in [3.05, 3.63) is 113 Å². The van der Waals surface area contributed by atoms with E-state index in [9.17, 15) is 4.79 Å². The molecule has 0 aliphatic carbocycles. The molecule has 0 spiro atoms. The predicted molar refractivity (Wildman–Crippen MR) is 107 cm³/mol. The molecule has 0 bridgehead atoms. The van der Waals surface area contributed by atoms with E-state index in [2.05, 4.69) is 10.5 Å². The van der Waals surface area contributed by atoms with E-state index in [-0.39, 0.29) is 5.91 Å². The third-order valence-corrected chi connectivity index (χ3v) is 3.94. The fourth-order valence-corrected chi connectivity index (χ4v) is 2.45. The zero-order chi connectivity index (χ0) is 18.2. The minimum absolute atomic E-state index is 0.251. The summed E-state index contributed by atoms with van der Waals surface area (Å²) < 4.78 is 0. The normalized spacial score (nSPS) is 11.5. The Morgan fingerprint density at radius 1 is 0.808 bits per heavy atom. The van der Waals surface area contributed by atoms with Crippen LogP contribution in [0.15, 0.2) is 96.1 Å². The van der Waals surface area contributed by atoms with Gasteiger partial charge < -0.3 is 0 Å². The van der Waals surface area contributed by atoms with Gasteiger partial charge in [-0.3, -0.25) is 4.79 Å². The monoisotopic (exact) mass is 360 g/mol. The third kappa shape index (κ3) is 4.91. The molecule has 0 aromatic heterocycles. The van der Waals surface area contributed by atoms with Crippen molar-refractivity contribution >= 4 is 29.3 Å². The summed E-state index contributed by atoms with van der Waals surface area (Å²) in [7, 11) is 0. The van der Waals surface area contributed by atoms with Crippen LogP contribution in [0.1, 0.15) is 21.5 Å². The fourth-order valence-electron chi connectivity index (χ4n) is 2.32. The number of nitrogens with zero attached hydrogens (tertiary/aromatic N) is 1. The van der Waals surface area contributed by atoms with Gasteiger partial charge in [-0.05, 0) is 35.9 Å². The molecule has 0 saturated heterocycles. The smallest absolute Gasteiger partial charge is 0.267 e. The maximum absolute atomic E-state index is 12.2. The van der Waals surface area contributed by atoms with E-state index in [4.69, 9.17) is 11.6 Å². The number of amides is 1. The first kappa shape index (κ1) is 17.6. The molecule has 0 atom stereocenters. The van der Waals surface area contributed by atoms with Crippen LogP contribution in [-0.4, -0.2) is 11.6 Å². The predicted octanol–water partition coefficient (Wildman–Crippen LogP) is 5.19. The quantitative estimate of drug-likeness (QED) is 0.494. The average molecular weight is 361 g/mol. The van der Waals surface area contributed by atoms with E-state index in [0.717, 1.165) is 11.1 Å². The van der Waals surface area contributed by atoms with Gasteiger partial charge in [-0.25, -0.2) is 5.43 Å². The van der Waals surface area contributed by atoms with Gasteiger partial charge in [-0.2, -0.15) is 5.10 Å². The van der Waals surface area contributed by atoms with Gasteiger partial charge >= 0.3 is 0 Å². The molecule has 1 amide bonds. The molecule has 0 unspecified atom stereocenters. The second kappa shape index (κ2) is 8.79. The first-order valence-electron chi connectivity index (χ1n) is 8.14. The number of rotatable bonds is 5. The second-order valence-electron chi connectivity index (χ2n) is 5.55. The molecule has 0 heterocycles. The van der Waals surface area contributed by atoms with E-state index in [1.165, 1.54) is 0 Å². The Bertz CT molecular complexity index is 917. The van der Waals surface area contributed by atoms with Gasteiger partial charge in [0.05, 0.1) is 5.71 Å². The number of allylic oxidation sites excluding steroid dienone is 1. The van der Waals surface area contributed by atoms with E-state index >= 15 is 0 Å². The van der Waals surface area contributed by atoms with Crippen molar-refractivity contribution < 1.29 is 4.79 Å². The van der Waals surface area contributed by atoms with Crippen molar-refractivity contribution in [3.8, 4) is 0 Å². The maximum atomic E-state index is 12.2. The summed E-state index contributed by atoms with van der Waals surface area (Å²) in [4.78, 5) is 12.2. The molecule has 3 rings (SSSR count). The summed E-state index contributed by atoms with van der Waals surface area (Å²) in [5, 5.41) is 5.00. The summed E-state index contributed by atoms with van der Waals surface area (Å²) in [5.41, 5.74) is 5.74. The number of benzene rings is 3. The number of carbonyl (C=O) groups is 1. The van der Waals surface area contributed by atoms with Crippen LogP contribution in [0.2, 0.25) is 5.02 Å². The SMILES string of the molecule is O=C(N/N=C(\C=C\c1ccc(Cl)cc1)c1ccccc1)c1ccccc1. The molecule has 0 fully saturated rings. The highest BCUT2D eigenvalue weighted by Crippen LogP contribution is 2.12. The van der Waals surface area contributed by atoms with Crippen LogP contribution in [0.25, 0.3) is 6.08 Å². The lowest BCUT2D eigenvalue weighted by Gasteiger charge is -2.04. The fraction of sp³-hybridized carbons (Fsp3) is 0. The summed E-state index contributed by atoms with van der Waals surface area (Å²) in [5.74, 6) is -0.251. The molecule has 3 aromatic carbocycles. The Labute approximate surface area is 157 Å². The van der Waals surface area contributed by atoms with Crippen molar-refractivity contribution in [2.24, 2.45) is 5.10 Å². The Hall–Kier alpha value is -3.17. The van der Waals surface area contributed by atoms with Crippen molar-refractivity contribution in [1.82, 2.24) is 5.43 Å². The van der Waals surface area contributed by atoms with E-state index in [1.807, 2.05) is 84.9 Å². The molecule has 0 radical (unpaired) electrons. The molecule has 4 heteroatoms. The molecule has 3 nitrogen and oxygen atoms in total. The molecule has 1 N–H and O–H groups in total. The minimum atomic E-state index is -0.251. The lowest BCUT2D eigenvalue weighted by molar-refractivity contribution is 0.0955. The van der Waals surface area contributed by atoms with Gasteiger partial charge in [0.2, 0.25) is 0 Å². The van der Waals surface area contributed by atoms with E-state index in [0.29, 0.717) is 16.3 Å². The van der Waals surface area contributed by atoms with Gasteiger partial charge in [-0.15, -0.1) is 0 Å². The highest BCUT2D eigenvalue weighted by atomic mass is 35.5. The number of nitrogens with one attached hydrogen (secondary N) is 1. The number of halogens is 1. The first-order chi connectivity index (χ1) is 12.7. The van der Waals surface area contributed by atoms with E-state index < -0.39 is 0 Å². The highest BCUT2D eigenvalue weighted by molar-refractivity contribution is 6.30. The molecule has 3 aromatic rings. The summed E-state index contributed by atoms with van der Waals surface area (Å²) in [6, 6.07) is 26.2. The second-order valence-corrected chi connectivity index (χ2v) is 5.99. The standard InChI is InChI=1S/C22H17ClN2O/c23-20-14-11-17(12-15-20)13-16-21(18-7-3-1-4-8-18)24-25-22(26)19-9-5-2-6-10-19/h1-16H,(H,25,26)/b16-13+,24-21+. The van der Waals surface area contributed by atoms with Crippen LogP contribution in [0.3, 0.4) is 0 Å². The van der Waals surface area contributed by atoms with Crippen LogP contribution in [0.5, 0.6) is 0 Å². The molecular formula is C22H17ClN2O. The number of hydrazone groups is 1. The molecule has 128 valence electrons. The van der Waals surface area contributed by atoms with Crippen LogP contribution in [0.4, 0.5) is 0 Å². The van der Waals surface area contributed by atoms with Gasteiger partial charge in [0, 0.05) is 16.1 Å². The Balaban J connectivity index is 1.84. The van der Waals surface area contributed by atoms with Crippen molar-refractivity contribution in [3.63, 3.8) is 0 Å². The van der Waals surface area contributed by atoms with Gasteiger partial charge in [-0.1, -0.05) is 78.3 Å². The number of carbonyl (C=O) groups excluding carboxylic acids is 1. The molecule has 0 saturated carbocycles. The average Bonchev–Trinajstić information content (AvgIpc) is 2.70. The molecule has 26 heavy (non-hydrogen) atoms. The molecule has 0 aliphatic rings. The Morgan fingerprint density at radius 2 is 1.38 bits per heavy atom. The van der Waals surface area contributed by atoms with Crippen LogP contribution >= 0.6 is 11.6 Å². The zero-order valence-corrected chi connectivity index (χ0v) is 14.7. The topological polar surface area (TPSA) is 41.5 Å². The molecule has 0 aliphatic heterocycles. The number of hydrogen-bond acceptors (Lipinski definition) is 2. The zero-order valence-electron chi connectivity index (χ0n) is 14.0. The van der Waals surface area contributed by atoms with Gasteiger partial charge in [0.15, 0.2) is 0 Å². The third-order valence-electron chi connectivity index (χ3n) is 3.69. The van der Waals surface area contributed by atoms with Crippen molar-refractivity contribution in [2.45, 2.75) is 0 Å². The largest absolute Gasteiger partial charge is 0.271 e. The minimum Gasteiger partial charge on any atom is -0.267 e. The number of hydrogen-bond donors (Lipinski definition) is 1. The summed E-state index contributed by atoms with van der Waals surface area (Å²) in [6.45, 7) is 0. The highest BCUT2D eigenvalue weighted by Gasteiger charge is 2.05. The van der Waals surface area contributed by atoms with Gasteiger partial charge in [0.25, 0.3) is 5.91 Å². The van der Waals surface area contributed by atoms with Crippen molar-refractivity contribution in [2.75, 3.05) is 0 Å². The Kier molecular flexibility index (Phi) is 5.96. The first-order valence-corrected chi connectivity index (χ1v) is 8.52. The Morgan fingerprint density at radius 3 is 2.00 bits per heavy atom. The van der Waals surface area contributed by atoms with Crippen LogP contribution in [0, 0.1) is 0 Å². The van der Waals surface area contributed by atoms with Crippen LogP contribution < -0.4 is 5.43 Å². The maximum Gasteiger partial charge on any atom is 0.271 e.